The van der Waals surface area contributed by atoms with Crippen LogP contribution < -0.4 is 0 Å². The van der Waals surface area contributed by atoms with E-state index in [1.807, 2.05) is 24.3 Å². The molecule has 0 aliphatic heterocycles. The minimum atomic E-state index is 0.207. The highest BCUT2D eigenvalue weighted by Gasteiger charge is 2.11. The first kappa shape index (κ1) is 13.8. The standard InChI is InChI=1S/C13H17BrOS/c1-9(2)10(3)16-8-13(15)11-5-4-6-12(14)7-11/h4-7,9-10H,8H2,1-3H3. The maximum atomic E-state index is 11.9. The van der Waals surface area contributed by atoms with Gasteiger partial charge < -0.3 is 0 Å². The second kappa shape index (κ2) is 6.45. The molecule has 1 nitrogen and oxygen atoms in total. The maximum absolute atomic E-state index is 11.9. The predicted molar refractivity (Wildman–Crippen MR) is 75.2 cm³/mol. The molecule has 0 N–H and O–H groups in total. The third kappa shape index (κ3) is 4.30. The highest BCUT2D eigenvalue weighted by atomic mass is 79.9. The van der Waals surface area contributed by atoms with Gasteiger partial charge in [0.25, 0.3) is 0 Å². The van der Waals surface area contributed by atoms with Crippen LogP contribution in [0.1, 0.15) is 31.1 Å². The van der Waals surface area contributed by atoms with Gasteiger partial charge in [-0.15, -0.1) is 0 Å². The van der Waals surface area contributed by atoms with Gasteiger partial charge in [0.05, 0.1) is 5.75 Å². The summed E-state index contributed by atoms with van der Waals surface area (Å²) in [6.07, 6.45) is 0. The Bertz CT molecular complexity index is 363. The van der Waals surface area contributed by atoms with Crippen LogP contribution in [-0.2, 0) is 0 Å². The fourth-order valence-corrected chi connectivity index (χ4v) is 2.51. The van der Waals surface area contributed by atoms with E-state index in [9.17, 15) is 4.79 Å². The Kier molecular flexibility index (Phi) is 5.56. The largest absolute Gasteiger partial charge is 0.293 e. The normalized spacial score (nSPS) is 12.8. The molecule has 16 heavy (non-hydrogen) atoms. The van der Waals surface area contributed by atoms with Crippen LogP contribution in [0, 0.1) is 5.92 Å². The molecule has 0 heterocycles. The van der Waals surface area contributed by atoms with Crippen LogP contribution in [0.15, 0.2) is 28.7 Å². The Balaban J connectivity index is 2.53. The zero-order valence-electron chi connectivity index (χ0n) is 9.87. The lowest BCUT2D eigenvalue weighted by atomic mass is 10.1. The number of rotatable bonds is 5. The average Bonchev–Trinajstić information content (AvgIpc) is 2.25. The van der Waals surface area contributed by atoms with Crippen LogP contribution in [0.25, 0.3) is 0 Å². The van der Waals surface area contributed by atoms with Crippen LogP contribution in [-0.4, -0.2) is 16.8 Å². The first-order chi connectivity index (χ1) is 7.50. The summed E-state index contributed by atoms with van der Waals surface area (Å²) in [5, 5.41) is 0.524. The minimum absolute atomic E-state index is 0.207. The molecule has 0 bridgehead atoms. The number of thioether (sulfide) groups is 1. The molecule has 0 aliphatic carbocycles. The van der Waals surface area contributed by atoms with E-state index in [1.54, 1.807) is 11.8 Å². The number of carbonyl (C=O) groups is 1. The van der Waals surface area contributed by atoms with Gasteiger partial charge in [-0.05, 0) is 18.1 Å². The van der Waals surface area contributed by atoms with Crippen molar-refractivity contribution < 1.29 is 4.79 Å². The quantitative estimate of drug-likeness (QED) is 0.749. The Morgan fingerprint density at radius 2 is 2.06 bits per heavy atom. The van der Waals surface area contributed by atoms with Crippen molar-refractivity contribution in [1.29, 1.82) is 0 Å². The van der Waals surface area contributed by atoms with E-state index in [0.717, 1.165) is 10.0 Å². The van der Waals surface area contributed by atoms with Crippen molar-refractivity contribution in [1.82, 2.24) is 0 Å². The van der Waals surface area contributed by atoms with Gasteiger partial charge in [0, 0.05) is 15.3 Å². The molecule has 1 atom stereocenters. The van der Waals surface area contributed by atoms with Gasteiger partial charge in [-0.2, -0.15) is 11.8 Å². The van der Waals surface area contributed by atoms with E-state index in [4.69, 9.17) is 0 Å². The lowest BCUT2D eigenvalue weighted by Crippen LogP contribution is -2.11. The summed E-state index contributed by atoms with van der Waals surface area (Å²) in [5.74, 6) is 1.38. The molecule has 0 saturated carbocycles. The Morgan fingerprint density at radius 1 is 1.38 bits per heavy atom. The first-order valence-corrected chi connectivity index (χ1v) is 7.25. The van der Waals surface area contributed by atoms with Gasteiger partial charge in [-0.3, -0.25) is 4.79 Å². The lowest BCUT2D eigenvalue weighted by Gasteiger charge is -2.14. The SMILES string of the molecule is CC(C)C(C)SCC(=O)c1cccc(Br)c1. The van der Waals surface area contributed by atoms with Gasteiger partial charge in [-0.1, -0.05) is 48.8 Å². The molecule has 88 valence electrons. The van der Waals surface area contributed by atoms with E-state index in [2.05, 4.69) is 36.7 Å². The van der Waals surface area contributed by atoms with Crippen LogP contribution in [0.5, 0.6) is 0 Å². The van der Waals surface area contributed by atoms with Gasteiger partial charge in [0.2, 0.25) is 0 Å². The molecule has 1 rings (SSSR count). The molecule has 0 aliphatic rings. The van der Waals surface area contributed by atoms with Crippen molar-refractivity contribution in [3.8, 4) is 0 Å². The fourth-order valence-electron chi connectivity index (χ4n) is 1.14. The summed E-state index contributed by atoms with van der Waals surface area (Å²) >= 11 is 5.10. The highest BCUT2D eigenvalue weighted by molar-refractivity contribution is 9.10. The number of carbonyl (C=O) groups excluding carboxylic acids is 1. The third-order valence-corrected chi connectivity index (χ3v) is 4.55. The first-order valence-electron chi connectivity index (χ1n) is 5.41. The number of ketones is 1. The lowest BCUT2D eigenvalue weighted by molar-refractivity contribution is 0.102. The summed E-state index contributed by atoms with van der Waals surface area (Å²) in [7, 11) is 0. The topological polar surface area (TPSA) is 17.1 Å². The fraction of sp³-hybridized carbons (Fsp3) is 0.462. The molecule has 1 aromatic rings. The van der Waals surface area contributed by atoms with Crippen LogP contribution in [0.3, 0.4) is 0 Å². The van der Waals surface area contributed by atoms with Crippen LogP contribution in [0.4, 0.5) is 0 Å². The van der Waals surface area contributed by atoms with Crippen molar-refractivity contribution in [2.75, 3.05) is 5.75 Å². The minimum Gasteiger partial charge on any atom is -0.293 e. The molecule has 0 radical (unpaired) electrons. The molecule has 1 aromatic carbocycles. The summed E-state index contributed by atoms with van der Waals surface area (Å²) in [5.41, 5.74) is 0.790. The van der Waals surface area contributed by atoms with Gasteiger partial charge >= 0.3 is 0 Å². The second-order valence-electron chi connectivity index (χ2n) is 4.19. The molecule has 0 spiro atoms. The number of halogens is 1. The van der Waals surface area contributed by atoms with E-state index < -0.39 is 0 Å². The zero-order chi connectivity index (χ0) is 12.1. The molecule has 3 heteroatoms. The van der Waals surface area contributed by atoms with E-state index in [1.165, 1.54) is 0 Å². The predicted octanol–water partition coefficient (Wildman–Crippen LogP) is 4.41. The number of benzene rings is 1. The van der Waals surface area contributed by atoms with Crippen molar-refractivity contribution in [2.45, 2.75) is 26.0 Å². The van der Waals surface area contributed by atoms with E-state index in [0.29, 0.717) is 16.9 Å². The Labute approximate surface area is 110 Å². The van der Waals surface area contributed by atoms with Crippen LogP contribution >= 0.6 is 27.7 Å². The number of hydrogen-bond acceptors (Lipinski definition) is 2. The second-order valence-corrected chi connectivity index (χ2v) is 6.47. The van der Waals surface area contributed by atoms with Gasteiger partial charge in [0.15, 0.2) is 5.78 Å². The summed E-state index contributed by atoms with van der Waals surface area (Å²) < 4.78 is 0.959. The van der Waals surface area contributed by atoms with Crippen molar-refractivity contribution in [3.05, 3.63) is 34.3 Å². The van der Waals surface area contributed by atoms with E-state index >= 15 is 0 Å². The monoisotopic (exact) mass is 300 g/mol. The summed E-state index contributed by atoms with van der Waals surface area (Å²) in [6, 6.07) is 7.57. The van der Waals surface area contributed by atoms with Crippen molar-refractivity contribution >= 4 is 33.5 Å². The third-order valence-electron chi connectivity index (χ3n) is 2.56. The Hall–Kier alpha value is -0.280. The maximum Gasteiger partial charge on any atom is 0.172 e. The van der Waals surface area contributed by atoms with Gasteiger partial charge in [-0.25, -0.2) is 0 Å². The van der Waals surface area contributed by atoms with E-state index in [-0.39, 0.29) is 5.78 Å². The Morgan fingerprint density at radius 3 is 2.62 bits per heavy atom. The van der Waals surface area contributed by atoms with Gasteiger partial charge in [0.1, 0.15) is 0 Å². The highest BCUT2D eigenvalue weighted by Crippen LogP contribution is 2.20. The van der Waals surface area contributed by atoms with Crippen LogP contribution in [0.2, 0.25) is 0 Å². The molecule has 1 unspecified atom stereocenters. The van der Waals surface area contributed by atoms with Crippen molar-refractivity contribution in [3.63, 3.8) is 0 Å². The molecule has 0 amide bonds. The number of Topliss-reactive ketones (excluding diaryl/α,β-unsaturated/α-hetero) is 1. The van der Waals surface area contributed by atoms with Crippen molar-refractivity contribution in [2.24, 2.45) is 5.92 Å². The molecular formula is C13H17BrOS. The summed E-state index contributed by atoms with van der Waals surface area (Å²) in [4.78, 5) is 11.9. The summed E-state index contributed by atoms with van der Waals surface area (Å²) in [6.45, 7) is 6.53. The molecule has 0 saturated heterocycles. The zero-order valence-corrected chi connectivity index (χ0v) is 12.3. The molecule has 0 aromatic heterocycles. The smallest absolute Gasteiger partial charge is 0.172 e. The molecular weight excluding hydrogens is 284 g/mol. The average molecular weight is 301 g/mol. The number of hydrogen-bond donors (Lipinski definition) is 0. The molecule has 0 fully saturated rings.